The molecule has 0 heterocycles. The Hall–Kier alpha value is -2.44. The first-order valence-corrected chi connectivity index (χ1v) is 9.13. The van der Waals surface area contributed by atoms with Gasteiger partial charge in [-0.25, -0.2) is 0 Å². The third kappa shape index (κ3) is 6.13. The average Bonchev–Trinajstić information content (AvgIpc) is 2.62. The number of benzene rings is 1. The van der Waals surface area contributed by atoms with E-state index in [1.807, 2.05) is 27.7 Å². The minimum Gasteiger partial charge on any atom is -0.490 e. The summed E-state index contributed by atoms with van der Waals surface area (Å²) in [5.41, 5.74) is 0.343. The SMILES string of the molecule is CCCNC(=O)[C@H](C)NC(=O)c1cc(OCC)c(OCC)c(OCC)c1. The summed E-state index contributed by atoms with van der Waals surface area (Å²) in [4.78, 5) is 24.5. The Kier molecular flexibility index (Phi) is 9.33. The Morgan fingerprint density at radius 2 is 1.50 bits per heavy atom. The van der Waals surface area contributed by atoms with Crippen molar-refractivity contribution in [2.24, 2.45) is 0 Å². The highest BCUT2D eigenvalue weighted by molar-refractivity contribution is 5.98. The highest BCUT2D eigenvalue weighted by atomic mass is 16.5. The van der Waals surface area contributed by atoms with Gasteiger partial charge in [0.1, 0.15) is 6.04 Å². The van der Waals surface area contributed by atoms with E-state index in [9.17, 15) is 9.59 Å². The Morgan fingerprint density at radius 3 is 1.96 bits per heavy atom. The normalized spacial score (nSPS) is 11.4. The van der Waals surface area contributed by atoms with Gasteiger partial charge in [-0.2, -0.15) is 0 Å². The van der Waals surface area contributed by atoms with Gasteiger partial charge in [0.15, 0.2) is 11.5 Å². The smallest absolute Gasteiger partial charge is 0.252 e. The van der Waals surface area contributed by atoms with E-state index in [1.165, 1.54) is 0 Å². The summed E-state index contributed by atoms with van der Waals surface area (Å²) in [5, 5.41) is 5.45. The molecule has 0 saturated carbocycles. The van der Waals surface area contributed by atoms with Crippen molar-refractivity contribution in [2.75, 3.05) is 26.4 Å². The number of carbonyl (C=O) groups is 2. The van der Waals surface area contributed by atoms with Crippen LogP contribution in [0.4, 0.5) is 0 Å². The lowest BCUT2D eigenvalue weighted by Crippen LogP contribution is -2.45. The molecule has 0 spiro atoms. The third-order valence-corrected chi connectivity index (χ3v) is 3.46. The van der Waals surface area contributed by atoms with Gasteiger partial charge >= 0.3 is 0 Å². The first-order valence-electron chi connectivity index (χ1n) is 9.13. The van der Waals surface area contributed by atoms with Crippen LogP contribution in [0.25, 0.3) is 0 Å². The van der Waals surface area contributed by atoms with E-state index in [-0.39, 0.29) is 11.8 Å². The van der Waals surface area contributed by atoms with Crippen LogP contribution in [-0.4, -0.2) is 44.2 Å². The molecule has 0 radical (unpaired) electrons. The van der Waals surface area contributed by atoms with Crippen LogP contribution in [0.1, 0.15) is 51.4 Å². The fourth-order valence-corrected chi connectivity index (χ4v) is 2.27. The van der Waals surface area contributed by atoms with Gasteiger partial charge in [-0.15, -0.1) is 0 Å². The molecule has 1 aromatic carbocycles. The maximum Gasteiger partial charge on any atom is 0.252 e. The monoisotopic (exact) mass is 366 g/mol. The number of ether oxygens (including phenoxy) is 3. The number of hydrogen-bond donors (Lipinski definition) is 2. The second kappa shape index (κ2) is 11.2. The summed E-state index contributed by atoms with van der Waals surface area (Å²) in [5.74, 6) is 0.749. The van der Waals surface area contributed by atoms with Gasteiger partial charge in [0.25, 0.3) is 5.91 Å². The van der Waals surface area contributed by atoms with Gasteiger partial charge in [-0.3, -0.25) is 9.59 Å². The molecule has 7 heteroatoms. The highest BCUT2D eigenvalue weighted by Gasteiger charge is 2.21. The molecule has 0 aliphatic heterocycles. The van der Waals surface area contributed by atoms with Crippen molar-refractivity contribution >= 4 is 11.8 Å². The quantitative estimate of drug-likeness (QED) is 0.628. The lowest BCUT2D eigenvalue weighted by atomic mass is 10.1. The molecule has 0 aliphatic carbocycles. The van der Waals surface area contributed by atoms with Crippen LogP contribution >= 0.6 is 0 Å². The van der Waals surface area contributed by atoms with Gasteiger partial charge in [0.05, 0.1) is 19.8 Å². The molecule has 0 bridgehead atoms. The van der Waals surface area contributed by atoms with Gasteiger partial charge in [-0.05, 0) is 46.2 Å². The van der Waals surface area contributed by atoms with Crippen molar-refractivity contribution in [1.29, 1.82) is 0 Å². The van der Waals surface area contributed by atoms with Crippen molar-refractivity contribution in [3.05, 3.63) is 17.7 Å². The zero-order valence-corrected chi connectivity index (χ0v) is 16.3. The molecule has 146 valence electrons. The predicted octanol–water partition coefficient (Wildman–Crippen LogP) is 2.53. The lowest BCUT2D eigenvalue weighted by Gasteiger charge is -2.18. The molecule has 0 fully saturated rings. The highest BCUT2D eigenvalue weighted by Crippen LogP contribution is 2.39. The van der Waals surface area contributed by atoms with Crippen LogP contribution in [0.15, 0.2) is 12.1 Å². The van der Waals surface area contributed by atoms with E-state index in [4.69, 9.17) is 14.2 Å². The largest absolute Gasteiger partial charge is 0.490 e. The second-order valence-electron chi connectivity index (χ2n) is 5.59. The number of hydrogen-bond acceptors (Lipinski definition) is 5. The van der Waals surface area contributed by atoms with Gasteiger partial charge in [0, 0.05) is 12.1 Å². The first kappa shape index (κ1) is 21.6. The number of carbonyl (C=O) groups excluding carboxylic acids is 2. The van der Waals surface area contributed by atoms with Crippen LogP contribution in [0.3, 0.4) is 0 Å². The van der Waals surface area contributed by atoms with Crippen molar-refractivity contribution < 1.29 is 23.8 Å². The van der Waals surface area contributed by atoms with E-state index < -0.39 is 6.04 Å². The summed E-state index contributed by atoms with van der Waals surface area (Å²) in [6, 6.07) is 2.55. The molecule has 0 unspecified atom stereocenters. The maximum absolute atomic E-state index is 12.6. The van der Waals surface area contributed by atoms with Crippen molar-refractivity contribution in [3.63, 3.8) is 0 Å². The fourth-order valence-electron chi connectivity index (χ4n) is 2.27. The molecule has 7 nitrogen and oxygen atoms in total. The molecule has 1 rings (SSSR count). The molecule has 1 atom stereocenters. The first-order chi connectivity index (χ1) is 12.5. The van der Waals surface area contributed by atoms with Crippen LogP contribution in [0.2, 0.25) is 0 Å². The van der Waals surface area contributed by atoms with Crippen LogP contribution in [-0.2, 0) is 4.79 Å². The fraction of sp³-hybridized carbons (Fsp3) is 0.579. The minimum atomic E-state index is -0.647. The Morgan fingerprint density at radius 1 is 0.962 bits per heavy atom. The molecule has 2 N–H and O–H groups in total. The summed E-state index contributed by atoms with van der Waals surface area (Å²) in [6.45, 7) is 11.0. The maximum atomic E-state index is 12.6. The van der Waals surface area contributed by atoms with E-state index >= 15 is 0 Å². The second-order valence-corrected chi connectivity index (χ2v) is 5.59. The van der Waals surface area contributed by atoms with Crippen molar-refractivity contribution in [3.8, 4) is 17.2 Å². The molecule has 0 aliphatic rings. The summed E-state index contributed by atoms with van der Waals surface area (Å²) in [6.07, 6.45) is 0.834. The van der Waals surface area contributed by atoms with E-state index in [0.717, 1.165) is 6.42 Å². The standard InChI is InChI=1S/C19H30N2O5/c1-6-10-20-18(22)13(5)21-19(23)14-11-15(24-7-2)17(26-9-4)16(12-14)25-8-3/h11-13H,6-10H2,1-5H3,(H,20,22)(H,21,23)/t13-/m0/s1. The minimum absolute atomic E-state index is 0.221. The van der Waals surface area contributed by atoms with Gasteiger partial charge in [-0.1, -0.05) is 6.92 Å². The summed E-state index contributed by atoms with van der Waals surface area (Å²) < 4.78 is 16.8. The number of nitrogens with one attached hydrogen (secondary N) is 2. The van der Waals surface area contributed by atoms with Crippen molar-refractivity contribution in [1.82, 2.24) is 10.6 Å². The van der Waals surface area contributed by atoms with Crippen LogP contribution < -0.4 is 24.8 Å². The Balaban J connectivity index is 3.06. The summed E-state index contributed by atoms with van der Waals surface area (Å²) in [7, 11) is 0. The molecular formula is C19H30N2O5. The Labute approximate surface area is 155 Å². The number of amides is 2. The molecule has 26 heavy (non-hydrogen) atoms. The number of rotatable bonds is 11. The average molecular weight is 366 g/mol. The topological polar surface area (TPSA) is 85.9 Å². The third-order valence-electron chi connectivity index (χ3n) is 3.46. The molecule has 1 aromatic rings. The van der Waals surface area contributed by atoms with E-state index in [2.05, 4.69) is 10.6 Å². The molecular weight excluding hydrogens is 336 g/mol. The van der Waals surface area contributed by atoms with Gasteiger partial charge in [0.2, 0.25) is 11.7 Å². The van der Waals surface area contributed by atoms with E-state index in [0.29, 0.717) is 49.2 Å². The molecule has 0 saturated heterocycles. The van der Waals surface area contributed by atoms with E-state index in [1.54, 1.807) is 19.1 Å². The molecule has 0 aromatic heterocycles. The predicted molar refractivity (Wildman–Crippen MR) is 100 cm³/mol. The lowest BCUT2D eigenvalue weighted by molar-refractivity contribution is -0.122. The van der Waals surface area contributed by atoms with Crippen LogP contribution in [0, 0.1) is 0 Å². The zero-order chi connectivity index (χ0) is 19.5. The summed E-state index contributed by atoms with van der Waals surface area (Å²) >= 11 is 0. The zero-order valence-electron chi connectivity index (χ0n) is 16.3. The van der Waals surface area contributed by atoms with Crippen LogP contribution in [0.5, 0.6) is 17.2 Å². The Bertz CT molecular complexity index is 577. The molecule has 2 amide bonds. The van der Waals surface area contributed by atoms with Gasteiger partial charge < -0.3 is 24.8 Å². The van der Waals surface area contributed by atoms with Crippen molar-refractivity contribution in [2.45, 2.75) is 47.1 Å².